The van der Waals surface area contributed by atoms with E-state index >= 15 is 0 Å². The van der Waals surface area contributed by atoms with Crippen molar-refractivity contribution in [1.82, 2.24) is 0 Å². The number of carboxylic acids is 1. The van der Waals surface area contributed by atoms with E-state index in [1.54, 1.807) is 0 Å². The van der Waals surface area contributed by atoms with Gasteiger partial charge in [-0.1, -0.05) is 50.5 Å². The Morgan fingerprint density at radius 2 is 1.64 bits per heavy atom. The fraction of sp³-hybridized carbons (Fsp3) is 0.667. The van der Waals surface area contributed by atoms with Crippen molar-refractivity contribution in [3.8, 4) is 0 Å². The zero-order chi connectivity index (χ0) is 16.6. The van der Waals surface area contributed by atoms with Gasteiger partial charge in [-0.2, -0.15) is 0 Å². The summed E-state index contributed by atoms with van der Waals surface area (Å²) in [5, 5.41) is 18.1. The Hall–Kier alpha value is -1.42. The summed E-state index contributed by atoms with van der Waals surface area (Å²) in [6, 6.07) is 0. The molecule has 0 rings (SSSR count). The van der Waals surface area contributed by atoms with Crippen molar-refractivity contribution in [2.45, 2.75) is 77.2 Å². The third-order valence-corrected chi connectivity index (χ3v) is 3.38. The van der Waals surface area contributed by atoms with Crippen LogP contribution in [-0.2, 0) is 9.59 Å². The van der Waals surface area contributed by atoms with E-state index < -0.39 is 12.1 Å². The molecule has 0 spiro atoms. The van der Waals surface area contributed by atoms with Crippen LogP contribution in [0.2, 0.25) is 0 Å². The Kier molecular flexibility index (Phi) is 13.6. The lowest BCUT2D eigenvalue weighted by atomic mass is 10.1. The van der Waals surface area contributed by atoms with Gasteiger partial charge in [0.2, 0.25) is 0 Å². The van der Waals surface area contributed by atoms with E-state index in [1.165, 1.54) is 0 Å². The average molecular weight is 310 g/mol. The minimum Gasteiger partial charge on any atom is -0.481 e. The number of unbranched alkanes of at least 4 members (excludes halogenated alkanes) is 5. The summed E-state index contributed by atoms with van der Waals surface area (Å²) in [4.78, 5) is 21.9. The SMILES string of the molecule is CC/C=C/CC(O)C(=O)C/C=C/CCCCCCCC(=O)O. The molecule has 0 saturated heterocycles. The lowest BCUT2D eigenvalue weighted by Crippen LogP contribution is -2.18. The zero-order valence-corrected chi connectivity index (χ0v) is 13.7. The van der Waals surface area contributed by atoms with Crippen LogP contribution >= 0.6 is 0 Å². The first kappa shape index (κ1) is 20.6. The number of aliphatic carboxylic acids is 1. The van der Waals surface area contributed by atoms with Crippen LogP contribution in [0.4, 0.5) is 0 Å². The lowest BCUT2D eigenvalue weighted by Gasteiger charge is -2.04. The smallest absolute Gasteiger partial charge is 0.303 e. The van der Waals surface area contributed by atoms with E-state index in [0.717, 1.165) is 44.9 Å². The highest BCUT2D eigenvalue weighted by Crippen LogP contribution is 2.08. The number of aliphatic hydroxyl groups is 1. The first-order valence-corrected chi connectivity index (χ1v) is 8.30. The standard InChI is InChI=1S/C18H30O4/c1-2-3-10-13-16(19)17(20)14-11-8-6-4-5-7-9-12-15-18(21)22/h3,8,10-11,16,19H,2,4-7,9,12-15H2,1H3,(H,21,22)/b10-3+,11-8+. The predicted molar refractivity (Wildman–Crippen MR) is 88.8 cm³/mol. The van der Waals surface area contributed by atoms with Gasteiger partial charge in [0.1, 0.15) is 6.10 Å². The molecule has 4 nitrogen and oxygen atoms in total. The largest absolute Gasteiger partial charge is 0.481 e. The van der Waals surface area contributed by atoms with Gasteiger partial charge in [0.25, 0.3) is 0 Å². The van der Waals surface area contributed by atoms with E-state index in [2.05, 4.69) is 0 Å². The van der Waals surface area contributed by atoms with Gasteiger partial charge in [0.05, 0.1) is 0 Å². The van der Waals surface area contributed by atoms with E-state index in [4.69, 9.17) is 5.11 Å². The molecule has 0 radical (unpaired) electrons. The number of hydrogen-bond acceptors (Lipinski definition) is 3. The Morgan fingerprint density at radius 3 is 2.32 bits per heavy atom. The number of carboxylic acid groups (broad SMARTS) is 1. The summed E-state index contributed by atoms with van der Waals surface area (Å²) in [5.41, 5.74) is 0. The van der Waals surface area contributed by atoms with Gasteiger partial charge in [-0.05, 0) is 32.1 Å². The summed E-state index contributed by atoms with van der Waals surface area (Å²) < 4.78 is 0. The van der Waals surface area contributed by atoms with Crippen molar-refractivity contribution in [2.75, 3.05) is 0 Å². The number of rotatable bonds is 14. The van der Waals surface area contributed by atoms with Crippen LogP contribution in [0.3, 0.4) is 0 Å². The minimum atomic E-state index is -0.887. The van der Waals surface area contributed by atoms with Crippen LogP contribution in [0.15, 0.2) is 24.3 Å². The number of allylic oxidation sites excluding steroid dienone is 3. The summed E-state index contributed by atoms with van der Waals surface area (Å²) in [6.45, 7) is 2.01. The van der Waals surface area contributed by atoms with Crippen molar-refractivity contribution >= 4 is 11.8 Å². The molecular weight excluding hydrogens is 280 g/mol. The number of carbonyl (C=O) groups excluding carboxylic acids is 1. The highest BCUT2D eigenvalue weighted by molar-refractivity contribution is 5.84. The van der Waals surface area contributed by atoms with Crippen LogP contribution < -0.4 is 0 Å². The van der Waals surface area contributed by atoms with Crippen molar-refractivity contribution in [2.24, 2.45) is 0 Å². The third kappa shape index (κ3) is 13.6. The average Bonchev–Trinajstić information content (AvgIpc) is 2.48. The highest BCUT2D eigenvalue weighted by atomic mass is 16.4. The molecule has 0 saturated carbocycles. The number of ketones is 1. The summed E-state index contributed by atoms with van der Waals surface area (Å²) in [5.74, 6) is -0.856. The topological polar surface area (TPSA) is 74.6 Å². The van der Waals surface area contributed by atoms with E-state index in [0.29, 0.717) is 12.8 Å². The molecule has 1 unspecified atom stereocenters. The normalized spacial score (nSPS) is 13.0. The molecule has 0 amide bonds. The maximum atomic E-state index is 11.6. The van der Waals surface area contributed by atoms with Gasteiger partial charge in [0.15, 0.2) is 5.78 Å². The molecule has 0 heterocycles. The second-order valence-electron chi connectivity index (χ2n) is 5.47. The summed E-state index contributed by atoms with van der Waals surface area (Å²) >= 11 is 0. The van der Waals surface area contributed by atoms with Gasteiger partial charge in [0, 0.05) is 12.8 Å². The molecule has 22 heavy (non-hydrogen) atoms. The maximum Gasteiger partial charge on any atom is 0.303 e. The molecule has 126 valence electrons. The molecule has 0 aliphatic carbocycles. The van der Waals surface area contributed by atoms with Crippen molar-refractivity contribution in [3.63, 3.8) is 0 Å². The van der Waals surface area contributed by atoms with E-state index in [9.17, 15) is 14.7 Å². The highest BCUT2D eigenvalue weighted by Gasteiger charge is 2.10. The Balaban J connectivity index is 3.51. The van der Waals surface area contributed by atoms with Crippen molar-refractivity contribution < 1.29 is 19.8 Å². The van der Waals surface area contributed by atoms with Gasteiger partial charge in [-0.15, -0.1) is 0 Å². The molecule has 2 N–H and O–H groups in total. The fourth-order valence-corrected chi connectivity index (χ4v) is 2.05. The molecule has 1 atom stereocenters. The molecule has 4 heteroatoms. The van der Waals surface area contributed by atoms with Crippen LogP contribution in [0, 0.1) is 0 Å². The Labute approximate surface area is 133 Å². The molecule has 0 bridgehead atoms. The van der Waals surface area contributed by atoms with Crippen molar-refractivity contribution in [3.05, 3.63) is 24.3 Å². The van der Waals surface area contributed by atoms with Gasteiger partial charge in [-0.3, -0.25) is 9.59 Å². The maximum absolute atomic E-state index is 11.6. The lowest BCUT2D eigenvalue weighted by molar-refractivity contribution is -0.137. The second kappa shape index (κ2) is 14.5. The fourth-order valence-electron chi connectivity index (χ4n) is 2.05. The first-order chi connectivity index (χ1) is 10.6. The quantitative estimate of drug-likeness (QED) is 0.375. The second-order valence-corrected chi connectivity index (χ2v) is 5.47. The predicted octanol–water partition coefficient (Wildman–Crippen LogP) is 4.03. The molecule has 0 fully saturated rings. The van der Waals surface area contributed by atoms with Gasteiger partial charge in [-0.25, -0.2) is 0 Å². The molecule has 0 aromatic carbocycles. The summed E-state index contributed by atoms with van der Waals surface area (Å²) in [7, 11) is 0. The zero-order valence-electron chi connectivity index (χ0n) is 13.7. The third-order valence-electron chi connectivity index (χ3n) is 3.38. The number of carbonyl (C=O) groups is 2. The van der Waals surface area contributed by atoms with Crippen molar-refractivity contribution in [1.29, 1.82) is 0 Å². The van der Waals surface area contributed by atoms with Gasteiger partial charge >= 0.3 is 5.97 Å². The van der Waals surface area contributed by atoms with E-state index in [-0.39, 0.29) is 12.2 Å². The number of Topliss-reactive ketones (excluding diaryl/α,β-unsaturated/α-hetero) is 1. The minimum absolute atomic E-state index is 0.134. The Bertz CT molecular complexity index is 358. The van der Waals surface area contributed by atoms with Gasteiger partial charge < -0.3 is 10.2 Å². The summed E-state index contributed by atoms with van der Waals surface area (Å²) in [6.07, 6.45) is 14.4. The number of hydrogen-bond donors (Lipinski definition) is 2. The van der Waals surface area contributed by atoms with E-state index in [1.807, 2.05) is 31.2 Å². The van der Waals surface area contributed by atoms with Crippen LogP contribution in [-0.4, -0.2) is 28.1 Å². The first-order valence-electron chi connectivity index (χ1n) is 8.30. The molecule has 0 aromatic rings. The van der Waals surface area contributed by atoms with Crippen LogP contribution in [0.1, 0.15) is 71.1 Å². The van der Waals surface area contributed by atoms with Crippen LogP contribution in [0.5, 0.6) is 0 Å². The molecule has 0 aliphatic heterocycles. The molecule has 0 aromatic heterocycles. The van der Waals surface area contributed by atoms with Crippen LogP contribution in [0.25, 0.3) is 0 Å². The monoisotopic (exact) mass is 310 g/mol. The Morgan fingerprint density at radius 1 is 0.955 bits per heavy atom. The molecular formula is C18H30O4. The molecule has 0 aliphatic rings. The number of aliphatic hydroxyl groups excluding tert-OH is 1.